The minimum Gasteiger partial charge on any atom is -0.497 e. The summed E-state index contributed by atoms with van der Waals surface area (Å²) in [6.07, 6.45) is 9.36. The monoisotopic (exact) mass is 455 g/mol. The van der Waals surface area contributed by atoms with Gasteiger partial charge >= 0.3 is 0 Å². The lowest BCUT2D eigenvalue weighted by atomic mass is 10.1. The summed E-state index contributed by atoms with van der Waals surface area (Å²) in [5.41, 5.74) is 1.65. The number of carbonyl (C=O) groups is 1. The molecule has 1 aliphatic heterocycles. The maximum absolute atomic E-state index is 12.9. The summed E-state index contributed by atoms with van der Waals surface area (Å²) in [7, 11) is 1.60. The molecule has 1 heterocycles. The fourth-order valence-electron chi connectivity index (χ4n) is 3.32. The zero-order valence-electron chi connectivity index (χ0n) is 18.1. The van der Waals surface area contributed by atoms with E-state index in [1.165, 1.54) is 43.9 Å². The number of hydrogen-bond donors (Lipinski definition) is 0. The van der Waals surface area contributed by atoms with E-state index in [2.05, 4.69) is 6.92 Å². The molecule has 2 aromatic rings. The SMILES string of the molecule is CCCCCCCCOc1ccc(C=C2SC(=S)N(c3cccc(OC)c3)C2=O)cc1. The van der Waals surface area contributed by atoms with Crippen LogP contribution >= 0.6 is 24.0 Å². The Bertz CT molecular complexity index is 925. The quantitative estimate of drug-likeness (QED) is 0.211. The summed E-state index contributed by atoms with van der Waals surface area (Å²) >= 11 is 6.76. The number of amides is 1. The van der Waals surface area contributed by atoms with Crippen molar-refractivity contribution in [2.75, 3.05) is 18.6 Å². The van der Waals surface area contributed by atoms with Crippen molar-refractivity contribution in [3.05, 3.63) is 59.0 Å². The van der Waals surface area contributed by atoms with Crippen LogP contribution in [-0.2, 0) is 4.79 Å². The molecule has 0 bridgehead atoms. The average Bonchev–Trinajstić information content (AvgIpc) is 3.07. The molecule has 0 aromatic heterocycles. The number of thioether (sulfide) groups is 1. The summed E-state index contributed by atoms with van der Waals surface area (Å²) < 4.78 is 11.6. The molecule has 6 heteroatoms. The van der Waals surface area contributed by atoms with Crippen molar-refractivity contribution in [3.63, 3.8) is 0 Å². The number of thiocarbonyl (C=S) groups is 1. The first-order chi connectivity index (χ1) is 15.1. The van der Waals surface area contributed by atoms with E-state index in [0.717, 1.165) is 24.3 Å². The summed E-state index contributed by atoms with van der Waals surface area (Å²) in [5.74, 6) is 1.42. The summed E-state index contributed by atoms with van der Waals surface area (Å²) in [6.45, 7) is 2.97. The first-order valence-corrected chi connectivity index (χ1v) is 12.0. The van der Waals surface area contributed by atoms with Crippen LogP contribution in [0, 0.1) is 0 Å². The van der Waals surface area contributed by atoms with Crippen LogP contribution in [0.15, 0.2) is 53.4 Å². The molecule has 31 heavy (non-hydrogen) atoms. The molecule has 0 spiro atoms. The maximum atomic E-state index is 12.9. The van der Waals surface area contributed by atoms with Crippen molar-refractivity contribution < 1.29 is 14.3 Å². The summed E-state index contributed by atoms with van der Waals surface area (Å²) in [4.78, 5) is 15.1. The normalized spacial score (nSPS) is 15.0. The van der Waals surface area contributed by atoms with E-state index in [1.54, 1.807) is 12.0 Å². The van der Waals surface area contributed by atoms with Crippen LogP contribution in [0.2, 0.25) is 0 Å². The van der Waals surface area contributed by atoms with E-state index in [0.29, 0.717) is 20.7 Å². The van der Waals surface area contributed by atoms with Gasteiger partial charge in [0.15, 0.2) is 4.32 Å². The first-order valence-electron chi connectivity index (χ1n) is 10.8. The molecule has 0 saturated carbocycles. The third-order valence-electron chi connectivity index (χ3n) is 5.05. The zero-order valence-corrected chi connectivity index (χ0v) is 19.8. The molecule has 164 valence electrons. The molecule has 1 aliphatic rings. The molecule has 3 rings (SSSR count). The van der Waals surface area contributed by atoms with Gasteiger partial charge < -0.3 is 9.47 Å². The highest BCUT2D eigenvalue weighted by Crippen LogP contribution is 2.37. The number of rotatable bonds is 11. The van der Waals surface area contributed by atoms with Crippen LogP contribution in [-0.4, -0.2) is 23.9 Å². The highest BCUT2D eigenvalue weighted by Gasteiger charge is 2.33. The number of carbonyl (C=O) groups excluding carboxylic acids is 1. The van der Waals surface area contributed by atoms with Crippen LogP contribution in [0.25, 0.3) is 6.08 Å². The Morgan fingerprint density at radius 3 is 2.48 bits per heavy atom. The first kappa shape index (κ1) is 23.4. The Morgan fingerprint density at radius 1 is 1.00 bits per heavy atom. The van der Waals surface area contributed by atoms with E-state index < -0.39 is 0 Å². The summed E-state index contributed by atoms with van der Waals surface area (Å²) in [6, 6.07) is 15.2. The number of ether oxygens (including phenoxy) is 2. The van der Waals surface area contributed by atoms with Gasteiger partial charge in [0.25, 0.3) is 5.91 Å². The van der Waals surface area contributed by atoms with Gasteiger partial charge in [-0.1, -0.05) is 81.2 Å². The largest absolute Gasteiger partial charge is 0.497 e. The molecule has 0 radical (unpaired) electrons. The Kier molecular flexibility index (Phi) is 8.98. The van der Waals surface area contributed by atoms with E-state index in [9.17, 15) is 4.79 Å². The molecular weight excluding hydrogens is 426 g/mol. The number of methoxy groups -OCH3 is 1. The zero-order chi connectivity index (χ0) is 22.1. The third-order valence-corrected chi connectivity index (χ3v) is 6.35. The predicted molar refractivity (Wildman–Crippen MR) is 134 cm³/mol. The minimum absolute atomic E-state index is 0.119. The van der Waals surface area contributed by atoms with Gasteiger partial charge in [0.05, 0.1) is 24.3 Å². The number of hydrogen-bond acceptors (Lipinski definition) is 5. The van der Waals surface area contributed by atoms with Gasteiger partial charge in [-0.3, -0.25) is 9.69 Å². The van der Waals surface area contributed by atoms with Crippen molar-refractivity contribution in [3.8, 4) is 11.5 Å². The smallest absolute Gasteiger partial charge is 0.270 e. The van der Waals surface area contributed by atoms with Crippen molar-refractivity contribution in [1.29, 1.82) is 0 Å². The Labute approximate surface area is 194 Å². The van der Waals surface area contributed by atoms with Gasteiger partial charge in [-0.2, -0.15) is 0 Å². The standard InChI is InChI=1S/C25H29NO3S2/c1-3-4-5-6-7-8-16-29-21-14-12-19(13-15-21)17-23-24(27)26(25(30)31-23)20-10-9-11-22(18-20)28-2/h9-15,17-18H,3-8,16H2,1-2H3. The van der Waals surface area contributed by atoms with Crippen LogP contribution in [0.1, 0.15) is 51.0 Å². The van der Waals surface area contributed by atoms with Gasteiger partial charge in [0.1, 0.15) is 11.5 Å². The molecule has 4 nitrogen and oxygen atoms in total. The minimum atomic E-state index is -0.119. The van der Waals surface area contributed by atoms with Crippen molar-refractivity contribution in [1.82, 2.24) is 0 Å². The second kappa shape index (κ2) is 11.9. The third kappa shape index (κ3) is 6.58. The molecular formula is C25H29NO3S2. The lowest BCUT2D eigenvalue weighted by Crippen LogP contribution is -2.27. The number of nitrogens with zero attached hydrogens (tertiary/aromatic N) is 1. The van der Waals surface area contributed by atoms with Gasteiger partial charge in [0.2, 0.25) is 0 Å². The fraction of sp³-hybridized carbons (Fsp3) is 0.360. The second-order valence-electron chi connectivity index (χ2n) is 7.40. The van der Waals surface area contributed by atoms with Gasteiger partial charge in [-0.25, -0.2) is 0 Å². The predicted octanol–water partition coefficient (Wildman–Crippen LogP) is 6.84. The Hall–Kier alpha value is -2.31. The second-order valence-corrected chi connectivity index (χ2v) is 9.08. The molecule has 0 atom stereocenters. The summed E-state index contributed by atoms with van der Waals surface area (Å²) in [5, 5.41) is 0. The number of anilines is 1. The van der Waals surface area contributed by atoms with Crippen LogP contribution in [0.4, 0.5) is 5.69 Å². The molecule has 1 fully saturated rings. The maximum Gasteiger partial charge on any atom is 0.270 e. The number of unbranched alkanes of at least 4 members (excludes halogenated alkanes) is 5. The molecule has 0 aliphatic carbocycles. The molecule has 0 N–H and O–H groups in total. The van der Waals surface area contributed by atoms with Crippen molar-refractivity contribution in [2.24, 2.45) is 0 Å². The van der Waals surface area contributed by atoms with Gasteiger partial charge in [-0.15, -0.1) is 0 Å². The van der Waals surface area contributed by atoms with Crippen molar-refractivity contribution >= 4 is 46.0 Å². The van der Waals surface area contributed by atoms with E-state index in [1.807, 2.05) is 54.6 Å². The van der Waals surface area contributed by atoms with Crippen LogP contribution in [0.5, 0.6) is 11.5 Å². The van der Waals surface area contributed by atoms with E-state index >= 15 is 0 Å². The van der Waals surface area contributed by atoms with Crippen molar-refractivity contribution in [2.45, 2.75) is 45.4 Å². The lowest BCUT2D eigenvalue weighted by molar-refractivity contribution is -0.113. The van der Waals surface area contributed by atoms with E-state index in [-0.39, 0.29) is 5.91 Å². The average molecular weight is 456 g/mol. The van der Waals surface area contributed by atoms with E-state index in [4.69, 9.17) is 21.7 Å². The molecule has 1 amide bonds. The molecule has 1 saturated heterocycles. The molecule has 2 aromatic carbocycles. The van der Waals surface area contributed by atoms with Crippen LogP contribution < -0.4 is 14.4 Å². The fourth-order valence-corrected chi connectivity index (χ4v) is 4.62. The molecule has 0 unspecified atom stereocenters. The van der Waals surface area contributed by atoms with Crippen LogP contribution in [0.3, 0.4) is 0 Å². The highest BCUT2D eigenvalue weighted by atomic mass is 32.2. The topological polar surface area (TPSA) is 38.8 Å². The number of benzene rings is 2. The Morgan fingerprint density at radius 2 is 1.74 bits per heavy atom. The van der Waals surface area contributed by atoms with Gasteiger partial charge in [0, 0.05) is 6.07 Å². The van der Waals surface area contributed by atoms with Gasteiger partial charge in [-0.05, 0) is 42.3 Å². The highest BCUT2D eigenvalue weighted by molar-refractivity contribution is 8.27. The lowest BCUT2D eigenvalue weighted by Gasteiger charge is -2.15. The Balaban J connectivity index is 1.56.